The second kappa shape index (κ2) is 6.11. The van der Waals surface area contributed by atoms with Crippen molar-refractivity contribution in [3.63, 3.8) is 0 Å². The molecule has 1 aromatic rings. The van der Waals surface area contributed by atoms with Gasteiger partial charge in [-0.1, -0.05) is 24.0 Å². The Bertz CT molecular complexity index is 591. The molecule has 0 saturated heterocycles. The highest BCUT2D eigenvalue weighted by Gasteiger charge is 2.17. The Kier molecular flexibility index (Phi) is 4.19. The molecule has 0 amide bonds. The quantitative estimate of drug-likeness (QED) is 0.551. The van der Waals surface area contributed by atoms with Crippen molar-refractivity contribution in [1.82, 2.24) is 0 Å². The van der Waals surface area contributed by atoms with E-state index in [9.17, 15) is 0 Å². The smallest absolute Gasteiger partial charge is 0.0649 e. The molecule has 0 bridgehead atoms. The number of benzene rings is 1. The SMILES string of the molecule is Nc1c(N)c(=C2CCCCC2)c(N)c(N)c1=C1CCCCC1. The third-order valence-electron chi connectivity index (χ3n) is 5.28. The Morgan fingerprint density at radius 2 is 0.682 bits per heavy atom. The normalized spacial score (nSPS) is 19.5. The third kappa shape index (κ3) is 2.51. The van der Waals surface area contributed by atoms with Crippen LogP contribution in [-0.2, 0) is 0 Å². The number of anilines is 4. The van der Waals surface area contributed by atoms with Gasteiger partial charge in [-0.15, -0.1) is 0 Å². The highest BCUT2D eigenvalue weighted by molar-refractivity contribution is 5.85. The van der Waals surface area contributed by atoms with Crippen LogP contribution >= 0.6 is 0 Å². The van der Waals surface area contributed by atoms with Gasteiger partial charge in [0.05, 0.1) is 22.7 Å². The maximum atomic E-state index is 6.40. The van der Waals surface area contributed by atoms with Gasteiger partial charge in [0, 0.05) is 10.4 Å². The summed E-state index contributed by atoms with van der Waals surface area (Å²) in [6.07, 6.45) is 11.6. The van der Waals surface area contributed by atoms with E-state index in [1.54, 1.807) is 0 Å². The first kappa shape index (κ1) is 15.1. The molecule has 4 nitrogen and oxygen atoms in total. The van der Waals surface area contributed by atoms with Crippen LogP contribution in [0.5, 0.6) is 0 Å². The molecule has 120 valence electrons. The molecule has 0 aromatic heterocycles. The highest BCUT2D eigenvalue weighted by atomic mass is 14.7. The van der Waals surface area contributed by atoms with Gasteiger partial charge in [0.15, 0.2) is 0 Å². The Labute approximate surface area is 132 Å². The number of hydrogen-bond acceptors (Lipinski definition) is 4. The topological polar surface area (TPSA) is 104 Å². The van der Waals surface area contributed by atoms with Crippen LogP contribution in [0.3, 0.4) is 0 Å². The third-order valence-corrected chi connectivity index (χ3v) is 5.28. The number of nitrogen functional groups attached to an aromatic ring is 4. The average molecular weight is 300 g/mol. The molecule has 0 atom stereocenters. The van der Waals surface area contributed by atoms with Gasteiger partial charge >= 0.3 is 0 Å². The molecule has 0 heterocycles. The number of rotatable bonds is 0. The van der Waals surface area contributed by atoms with Crippen molar-refractivity contribution < 1.29 is 0 Å². The van der Waals surface area contributed by atoms with Crippen molar-refractivity contribution in [2.45, 2.75) is 64.2 Å². The lowest BCUT2D eigenvalue weighted by Gasteiger charge is -2.20. The van der Waals surface area contributed by atoms with E-state index >= 15 is 0 Å². The second-order valence-corrected chi connectivity index (χ2v) is 6.73. The first-order valence-corrected chi connectivity index (χ1v) is 8.57. The summed E-state index contributed by atoms with van der Waals surface area (Å²) in [5, 5.41) is 1.88. The Hall–Kier alpha value is -1.84. The van der Waals surface area contributed by atoms with Crippen molar-refractivity contribution >= 4 is 33.9 Å². The van der Waals surface area contributed by atoms with Gasteiger partial charge in [0.25, 0.3) is 0 Å². The average Bonchev–Trinajstić information content (AvgIpc) is 2.55. The lowest BCUT2D eigenvalue weighted by atomic mass is 9.89. The molecule has 2 saturated carbocycles. The molecule has 0 spiro atoms. The van der Waals surface area contributed by atoms with Gasteiger partial charge in [-0.2, -0.15) is 0 Å². The summed E-state index contributed by atoms with van der Waals surface area (Å²) in [5.74, 6) is 0. The number of hydrogen-bond donors (Lipinski definition) is 4. The van der Waals surface area contributed by atoms with Crippen LogP contribution in [-0.4, -0.2) is 0 Å². The van der Waals surface area contributed by atoms with Crippen LogP contribution in [0.4, 0.5) is 22.7 Å². The van der Waals surface area contributed by atoms with Crippen LogP contribution < -0.4 is 33.4 Å². The van der Waals surface area contributed by atoms with Crippen molar-refractivity contribution in [2.24, 2.45) is 0 Å². The first-order valence-electron chi connectivity index (χ1n) is 8.57. The fourth-order valence-corrected chi connectivity index (χ4v) is 4.05. The molecule has 0 unspecified atom stereocenters. The Morgan fingerprint density at radius 1 is 0.409 bits per heavy atom. The summed E-state index contributed by atoms with van der Waals surface area (Å²) in [5.41, 5.74) is 30.8. The van der Waals surface area contributed by atoms with Crippen molar-refractivity contribution in [3.8, 4) is 0 Å². The molecule has 4 heteroatoms. The monoisotopic (exact) mass is 300 g/mol. The zero-order chi connectivity index (χ0) is 15.7. The summed E-state index contributed by atoms with van der Waals surface area (Å²) in [6, 6.07) is 0. The van der Waals surface area contributed by atoms with Gasteiger partial charge in [0.2, 0.25) is 0 Å². The standard InChI is InChI=1S/C18H28N4/c19-15-13(11-7-3-1-4-8-11)16(20)18(22)14(17(15)21)12-9-5-2-6-10-12/h1-10,19-22H2. The lowest BCUT2D eigenvalue weighted by molar-refractivity contribution is 0.643. The van der Waals surface area contributed by atoms with E-state index < -0.39 is 0 Å². The minimum atomic E-state index is 0.650. The minimum Gasteiger partial charge on any atom is -0.396 e. The molecule has 0 aliphatic heterocycles. The van der Waals surface area contributed by atoms with Crippen LogP contribution in [0.25, 0.3) is 11.1 Å². The number of nitrogens with two attached hydrogens (primary N) is 4. The van der Waals surface area contributed by atoms with Crippen molar-refractivity contribution in [2.75, 3.05) is 22.9 Å². The fourth-order valence-electron chi connectivity index (χ4n) is 4.05. The van der Waals surface area contributed by atoms with E-state index in [2.05, 4.69) is 0 Å². The molecular weight excluding hydrogens is 272 g/mol. The molecule has 2 aliphatic carbocycles. The summed E-state index contributed by atoms with van der Waals surface area (Å²) < 4.78 is 0. The molecule has 2 aliphatic rings. The predicted octanol–water partition coefficient (Wildman–Crippen LogP) is 2.24. The highest BCUT2D eigenvalue weighted by Crippen LogP contribution is 2.28. The maximum absolute atomic E-state index is 6.40. The Morgan fingerprint density at radius 3 is 0.955 bits per heavy atom. The molecule has 22 heavy (non-hydrogen) atoms. The van der Waals surface area contributed by atoms with Gasteiger partial charge in [-0.05, 0) is 51.4 Å². The molecule has 1 aromatic carbocycles. The van der Waals surface area contributed by atoms with E-state index in [4.69, 9.17) is 22.9 Å². The lowest BCUT2D eigenvalue weighted by Crippen LogP contribution is -2.30. The molecule has 8 N–H and O–H groups in total. The molecular formula is C18H28N4. The zero-order valence-corrected chi connectivity index (χ0v) is 13.4. The zero-order valence-electron chi connectivity index (χ0n) is 13.4. The second-order valence-electron chi connectivity index (χ2n) is 6.73. The Balaban J connectivity index is 2.30. The summed E-state index contributed by atoms with van der Waals surface area (Å²) >= 11 is 0. The first-order chi connectivity index (χ1) is 10.6. The van der Waals surface area contributed by atoms with Crippen molar-refractivity contribution in [1.29, 1.82) is 0 Å². The van der Waals surface area contributed by atoms with Crippen LogP contribution in [0.2, 0.25) is 0 Å². The van der Waals surface area contributed by atoms with E-state index in [1.807, 2.05) is 0 Å². The maximum Gasteiger partial charge on any atom is 0.0649 e. The summed E-state index contributed by atoms with van der Waals surface area (Å²) in [7, 11) is 0. The van der Waals surface area contributed by atoms with E-state index in [0.29, 0.717) is 22.7 Å². The van der Waals surface area contributed by atoms with Crippen molar-refractivity contribution in [3.05, 3.63) is 10.4 Å². The van der Waals surface area contributed by atoms with E-state index in [1.165, 1.54) is 49.7 Å². The summed E-state index contributed by atoms with van der Waals surface area (Å²) in [4.78, 5) is 0. The minimum absolute atomic E-state index is 0.650. The predicted molar refractivity (Wildman–Crippen MR) is 96.3 cm³/mol. The van der Waals surface area contributed by atoms with Gasteiger partial charge in [-0.3, -0.25) is 0 Å². The van der Waals surface area contributed by atoms with Crippen LogP contribution in [0.15, 0.2) is 0 Å². The van der Waals surface area contributed by atoms with Gasteiger partial charge < -0.3 is 22.9 Å². The largest absolute Gasteiger partial charge is 0.396 e. The van der Waals surface area contributed by atoms with E-state index in [-0.39, 0.29) is 0 Å². The fraction of sp³-hybridized carbons (Fsp3) is 0.556. The van der Waals surface area contributed by atoms with E-state index in [0.717, 1.165) is 36.1 Å². The summed E-state index contributed by atoms with van der Waals surface area (Å²) in [6.45, 7) is 0. The molecule has 0 radical (unpaired) electrons. The van der Waals surface area contributed by atoms with Gasteiger partial charge in [0.1, 0.15) is 0 Å². The van der Waals surface area contributed by atoms with Crippen LogP contribution in [0.1, 0.15) is 64.2 Å². The molecule has 3 rings (SSSR count). The van der Waals surface area contributed by atoms with Crippen LogP contribution in [0, 0.1) is 0 Å². The van der Waals surface area contributed by atoms with Gasteiger partial charge in [-0.25, -0.2) is 0 Å². The molecule has 2 fully saturated rings.